The molecular weight excluding hydrogens is 264 g/mol. The van der Waals surface area contributed by atoms with Gasteiger partial charge < -0.3 is 10.1 Å². The Labute approximate surface area is 127 Å². The van der Waals surface area contributed by atoms with Crippen LogP contribution < -0.4 is 10.1 Å². The fraction of sp³-hybridized carbons (Fsp3) is 0.588. The quantitative estimate of drug-likeness (QED) is 0.875. The number of rotatable bonds is 6. The van der Waals surface area contributed by atoms with Crippen molar-refractivity contribution >= 4 is 5.91 Å². The maximum atomic E-state index is 12.3. The summed E-state index contributed by atoms with van der Waals surface area (Å²) in [6, 6.07) is 8.17. The van der Waals surface area contributed by atoms with Gasteiger partial charge in [0.05, 0.1) is 13.2 Å². The molecule has 1 N–H and O–H groups in total. The molecule has 0 saturated heterocycles. The molecule has 4 nitrogen and oxygen atoms in total. The number of para-hydroxylation sites is 1. The van der Waals surface area contributed by atoms with Crippen LogP contribution >= 0.6 is 0 Å². The zero-order valence-electron chi connectivity index (χ0n) is 13.3. The highest BCUT2D eigenvalue weighted by Crippen LogP contribution is 2.20. The molecule has 0 aromatic heterocycles. The highest BCUT2D eigenvalue weighted by molar-refractivity contribution is 5.81. The lowest BCUT2D eigenvalue weighted by molar-refractivity contribution is -0.126. The summed E-state index contributed by atoms with van der Waals surface area (Å²) in [5.74, 6) is 0.993. The molecule has 116 valence electrons. The minimum absolute atomic E-state index is 0.124. The third kappa shape index (κ3) is 4.21. The first-order valence-electron chi connectivity index (χ1n) is 7.74. The van der Waals surface area contributed by atoms with Crippen LogP contribution in [-0.2, 0) is 11.3 Å². The van der Waals surface area contributed by atoms with Gasteiger partial charge in [-0.25, -0.2) is 0 Å². The van der Waals surface area contributed by atoms with Gasteiger partial charge in [-0.1, -0.05) is 31.0 Å². The molecule has 1 amide bonds. The normalized spacial score (nSPS) is 17.0. The van der Waals surface area contributed by atoms with Gasteiger partial charge in [-0.2, -0.15) is 0 Å². The lowest BCUT2D eigenvalue weighted by Gasteiger charge is -2.26. The summed E-state index contributed by atoms with van der Waals surface area (Å²) in [6.45, 7) is 2.66. The standard InChI is InChI=1S/C17H26N2O2/c1-13(17(20)18-15-9-5-6-10-15)19(2)12-14-8-4-7-11-16(14)21-3/h4,7-8,11,13,15H,5-6,9-10,12H2,1-3H3,(H,18,20). The van der Waals surface area contributed by atoms with E-state index in [1.807, 2.05) is 38.2 Å². The summed E-state index contributed by atoms with van der Waals surface area (Å²) in [5.41, 5.74) is 1.10. The fourth-order valence-corrected chi connectivity index (χ4v) is 2.83. The van der Waals surface area contributed by atoms with Crippen LogP contribution in [0.2, 0.25) is 0 Å². The molecule has 4 heteroatoms. The number of hydrogen-bond donors (Lipinski definition) is 1. The summed E-state index contributed by atoms with van der Waals surface area (Å²) in [7, 11) is 3.65. The molecule has 1 aromatic carbocycles. The zero-order valence-corrected chi connectivity index (χ0v) is 13.3. The molecule has 2 rings (SSSR count). The van der Waals surface area contributed by atoms with Crippen molar-refractivity contribution in [2.45, 2.75) is 51.2 Å². The van der Waals surface area contributed by atoms with Crippen molar-refractivity contribution in [3.8, 4) is 5.75 Å². The Morgan fingerprint density at radius 2 is 2.05 bits per heavy atom. The molecule has 0 heterocycles. The van der Waals surface area contributed by atoms with Gasteiger partial charge in [0, 0.05) is 18.2 Å². The van der Waals surface area contributed by atoms with Gasteiger partial charge in [0.15, 0.2) is 0 Å². The number of carbonyl (C=O) groups is 1. The second-order valence-corrected chi connectivity index (χ2v) is 5.89. The number of ether oxygens (including phenoxy) is 1. The number of nitrogens with zero attached hydrogens (tertiary/aromatic N) is 1. The van der Waals surface area contributed by atoms with Gasteiger partial charge in [0.2, 0.25) is 5.91 Å². The topological polar surface area (TPSA) is 41.6 Å². The van der Waals surface area contributed by atoms with Gasteiger partial charge >= 0.3 is 0 Å². The van der Waals surface area contributed by atoms with E-state index < -0.39 is 0 Å². The molecule has 1 unspecified atom stereocenters. The Morgan fingerprint density at radius 3 is 2.71 bits per heavy atom. The van der Waals surface area contributed by atoms with Gasteiger partial charge in [0.25, 0.3) is 0 Å². The van der Waals surface area contributed by atoms with Crippen molar-refractivity contribution in [3.63, 3.8) is 0 Å². The number of hydrogen-bond acceptors (Lipinski definition) is 3. The first kappa shape index (κ1) is 15.8. The van der Waals surface area contributed by atoms with Gasteiger partial charge in [0.1, 0.15) is 5.75 Å². The minimum atomic E-state index is -0.143. The molecule has 0 bridgehead atoms. The number of likely N-dealkylation sites (N-methyl/N-ethyl adjacent to an activating group) is 1. The van der Waals surface area contributed by atoms with Crippen LogP contribution in [0.5, 0.6) is 5.75 Å². The third-order valence-electron chi connectivity index (χ3n) is 4.35. The van der Waals surface area contributed by atoms with Gasteiger partial charge in [-0.15, -0.1) is 0 Å². The monoisotopic (exact) mass is 290 g/mol. The number of amides is 1. The van der Waals surface area contributed by atoms with E-state index in [2.05, 4.69) is 10.2 Å². The van der Waals surface area contributed by atoms with Crippen molar-refractivity contribution in [1.82, 2.24) is 10.2 Å². The molecule has 0 radical (unpaired) electrons. The molecule has 1 atom stereocenters. The SMILES string of the molecule is COc1ccccc1CN(C)C(C)C(=O)NC1CCCC1. The highest BCUT2D eigenvalue weighted by Gasteiger charge is 2.23. The van der Waals surface area contributed by atoms with Crippen LogP contribution in [0, 0.1) is 0 Å². The van der Waals surface area contributed by atoms with E-state index in [-0.39, 0.29) is 11.9 Å². The Bertz CT molecular complexity index is 470. The molecule has 1 aliphatic rings. The highest BCUT2D eigenvalue weighted by atomic mass is 16.5. The van der Waals surface area contributed by atoms with Crippen molar-refractivity contribution in [1.29, 1.82) is 0 Å². The van der Waals surface area contributed by atoms with E-state index in [4.69, 9.17) is 4.74 Å². The molecule has 1 aliphatic carbocycles. The zero-order chi connectivity index (χ0) is 15.2. The van der Waals surface area contributed by atoms with Gasteiger partial charge in [-0.05, 0) is 32.9 Å². The predicted octanol–water partition coefficient (Wildman–Crippen LogP) is 2.57. The number of nitrogens with one attached hydrogen (secondary N) is 1. The van der Waals surface area contributed by atoms with Crippen LogP contribution in [0.1, 0.15) is 38.2 Å². The Kier molecular flexibility index (Phi) is 5.62. The Balaban J connectivity index is 1.92. The van der Waals surface area contributed by atoms with E-state index in [0.717, 1.165) is 24.2 Å². The summed E-state index contributed by atoms with van der Waals surface area (Å²) < 4.78 is 5.37. The largest absolute Gasteiger partial charge is 0.496 e. The second-order valence-electron chi connectivity index (χ2n) is 5.89. The van der Waals surface area contributed by atoms with E-state index in [1.54, 1.807) is 7.11 Å². The smallest absolute Gasteiger partial charge is 0.237 e. The molecule has 0 spiro atoms. The molecular formula is C17H26N2O2. The van der Waals surface area contributed by atoms with E-state index in [9.17, 15) is 4.79 Å². The lowest BCUT2D eigenvalue weighted by Crippen LogP contribution is -2.46. The van der Waals surface area contributed by atoms with Crippen LogP contribution in [0.3, 0.4) is 0 Å². The van der Waals surface area contributed by atoms with Crippen molar-refractivity contribution in [2.24, 2.45) is 0 Å². The van der Waals surface area contributed by atoms with E-state index in [1.165, 1.54) is 12.8 Å². The van der Waals surface area contributed by atoms with Crippen LogP contribution in [-0.4, -0.2) is 37.0 Å². The lowest BCUT2D eigenvalue weighted by atomic mass is 10.1. The average molecular weight is 290 g/mol. The van der Waals surface area contributed by atoms with E-state index in [0.29, 0.717) is 12.6 Å². The number of methoxy groups -OCH3 is 1. The minimum Gasteiger partial charge on any atom is -0.496 e. The van der Waals surface area contributed by atoms with Crippen LogP contribution in [0.4, 0.5) is 0 Å². The predicted molar refractivity (Wildman–Crippen MR) is 84.3 cm³/mol. The second kappa shape index (κ2) is 7.46. The Morgan fingerprint density at radius 1 is 1.38 bits per heavy atom. The first-order chi connectivity index (χ1) is 10.1. The third-order valence-corrected chi connectivity index (χ3v) is 4.35. The molecule has 1 saturated carbocycles. The van der Waals surface area contributed by atoms with Crippen molar-refractivity contribution in [3.05, 3.63) is 29.8 Å². The average Bonchev–Trinajstić information content (AvgIpc) is 2.99. The molecule has 1 fully saturated rings. The van der Waals surface area contributed by atoms with Gasteiger partial charge in [-0.3, -0.25) is 9.69 Å². The number of benzene rings is 1. The van der Waals surface area contributed by atoms with E-state index >= 15 is 0 Å². The summed E-state index contributed by atoms with van der Waals surface area (Å²) in [4.78, 5) is 14.4. The molecule has 0 aliphatic heterocycles. The summed E-state index contributed by atoms with van der Waals surface area (Å²) in [5, 5.41) is 3.16. The van der Waals surface area contributed by atoms with Crippen LogP contribution in [0.25, 0.3) is 0 Å². The first-order valence-corrected chi connectivity index (χ1v) is 7.74. The Hall–Kier alpha value is -1.55. The van der Waals surface area contributed by atoms with Crippen molar-refractivity contribution < 1.29 is 9.53 Å². The maximum Gasteiger partial charge on any atom is 0.237 e. The number of carbonyl (C=O) groups excluding carboxylic acids is 1. The molecule has 1 aromatic rings. The van der Waals surface area contributed by atoms with Crippen LogP contribution in [0.15, 0.2) is 24.3 Å². The summed E-state index contributed by atoms with van der Waals surface area (Å²) in [6.07, 6.45) is 4.70. The van der Waals surface area contributed by atoms with Crippen molar-refractivity contribution in [2.75, 3.05) is 14.2 Å². The molecule has 21 heavy (non-hydrogen) atoms. The fourth-order valence-electron chi connectivity index (χ4n) is 2.83. The maximum absolute atomic E-state index is 12.3. The summed E-state index contributed by atoms with van der Waals surface area (Å²) >= 11 is 0.